The van der Waals surface area contributed by atoms with Gasteiger partial charge >= 0.3 is 0 Å². The molecule has 0 amide bonds. The number of rotatable bonds is 5. The lowest BCUT2D eigenvalue weighted by Gasteiger charge is -2.26. The molecular formula is C18H23N3OS. The predicted molar refractivity (Wildman–Crippen MR) is 97.3 cm³/mol. The number of thiocarbonyl (C=S) groups is 1. The van der Waals surface area contributed by atoms with Gasteiger partial charge in [0.2, 0.25) is 0 Å². The number of hydrogen-bond donors (Lipinski definition) is 2. The summed E-state index contributed by atoms with van der Waals surface area (Å²) in [4.78, 5) is 2.53. The first-order valence-corrected chi connectivity index (χ1v) is 8.59. The van der Waals surface area contributed by atoms with Crippen molar-refractivity contribution in [1.29, 1.82) is 0 Å². The van der Waals surface area contributed by atoms with Gasteiger partial charge in [0.15, 0.2) is 5.11 Å². The summed E-state index contributed by atoms with van der Waals surface area (Å²) in [6.07, 6.45) is 5.70. The predicted octanol–water partition coefficient (Wildman–Crippen LogP) is 3.75. The summed E-state index contributed by atoms with van der Waals surface area (Å²) < 4.78 is 5.27. The number of nitrogens with one attached hydrogen (secondary N) is 2. The van der Waals surface area contributed by atoms with E-state index in [0.29, 0.717) is 11.7 Å². The second-order valence-corrected chi connectivity index (χ2v) is 6.33. The van der Waals surface area contributed by atoms with E-state index >= 15 is 0 Å². The fraction of sp³-hybridized carbons (Fsp3) is 0.389. The van der Waals surface area contributed by atoms with E-state index in [0.717, 1.165) is 18.0 Å². The highest BCUT2D eigenvalue weighted by atomic mass is 32.1. The van der Waals surface area contributed by atoms with Gasteiger partial charge in [-0.25, -0.2) is 0 Å². The Hall–Kier alpha value is -1.85. The molecule has 0 bridgehead atoms. The van der Waals surface area contributed by atoms with Crippen LogP contribution in [0.2, 0.25) is 0 Å². The van der Waals surface area contributed by atoms with E-state index in [1.807, 2.05) is 12.1 Å². The number of furan rings is 1. The smallest absolute Gasteiger partial charge is 0.171 e. The van der Waals surface area contributed by atoms with E-state index in [9.17, 15) is 0 Å². The van der Waals surface area contributed by atoms with Gasteiger partial charge in [-0.2, -0.15) is 0 Å². The number of anilines is 1. The van der Waals surface area contributed by atoms with Gasteiger partial charge in [0.25, 0.3) is 0 Å². The summed E-state index contributed by atoms with van der Waals surface area (Å²) in [5.74, 6) is 0.867. The maximum Gasteiger partial charge on any atom is 0.171 e. The highest BCUT2D eigenvalue weighted by Crippen LogP contribution is 2.15. The molecule has 23 heavy (non-hydrogen) atoms. The minimum Gasteiger partial charge on any atom is -0.467 e. The normalized spacial score (nSPS) is 15.3. The molecule has 2 aromatic rings. The van der Waals surface area contributed by atoms with Crippen LogP contribution in [0.1, 0.15) is 30.6 Å². The highest BCUT2D eigenvalue weighted by molar-refractivity contribution is 7.80. The molecule has 1 saturated heterocycles. The number of benzene rings is 1. The number of piperidine rings is 1. The van der Waals surface area contributed by atoms with Crippen molar-refractivity contribution in [3.05, 3.63) is 54.0 Å². The average molecular weight is 329 g/mol. The Bertz CT molecular complexity index is 604. The first-order valence-electron chi connectivity index (χ1n) is 8.18. The van der Waals surface area contributed by atoms with Gasteiger partial charge in [-0.1, -0.05) is 18.6 Å². The third-order valence-electron chi connectivity index (χ3n) is 4.07. The van der Waals surface area contributed by atoms with Crippen LogP contribution in [0.25, 0.3) is 0 Å². The maximum absolute atomic E-state index is 5.30. The second-order valence-electron chi connectivity index (χ2n) is 5.92. The summed E-state index contributed by atoms with van der Waals surface area (Å²) >= 11 is 5.30. The molecule has 1 fully saturated rings. The van der Waals surface area contributed by atoms with Gasteiger partial charge < -0.3 is 15.1 Å². The number of hydrogen-bond acceptors (Lipinski definition) is 3. The molecule has 1 aromatic carbocycles. The molecule has 0 aliphatic carbocycles. The Morgan fingerprint density at radius 2 is 1.87 bits per heavy atom. The van der Waals surface area contributed by atoms with Crippen molar-refractivity contribution in [2.24, 2.45) is 0 Å². The molecule has 0 radical (unpaired) electrons. The number of likely N-dealkylation sites (tertiary alicyclic amines) is 1. The van der Waals surface area contributed by atoms with Gasteiger partial charge in [-0.05, 0) is 68.0 Å². The van der Waals surface area contributed by atoms with Crippen molar-refractivity contribution in [2.45, 2.75) is 32.4 Å². The summed E-state index contributed by atoms with van der Waals surface area (Å²) in [7, 11) is 0. The lowest BCUT2D eigenvalue weighted by Crippen LogP contribution is -2.29. The quantitative estimate of drug-likeness (QED) is 0.818. The van der Waals surface area contributed by atoms with E-state index in [2.05, 4.69) is 39.8 Å². The zero-order valence-electron chi connectivity index (χ0n) is 13.3. The Morgan fingerprint density at radius 1 is 1.09 bits per heavy atom. The molecule has 2 N–H and O–H groups in total. The fourth-order valence-corrected chi connectivity index (χ4v) is 3.02. The molecule has 3 rings (SSSR count). The monoisotopic (exact) mass is 329 g/mol. The van der Waals surface area contributed by atoms with Crippen LogP contribution in [0.4, 0.5) is 5.69 Å². The Balaban J connectivity index is 1.45. The first-order chi connectivity index (χ1) is 11.3. The molecule has 4 nitrogen and oxygen atoms in total. The molecule has 0 unspecified atom stereocenters. The van der Waals surface area contributed by atoms with Crippen molar-refractivity contribution < 1.29 is 4.42 Å². The van der Waals surface area contributed by atoms with E-state index in [1.54, 1.807) is 6.26 Å². The fourth-order valence-electron chi connectivity index (χ4n) is 2.83. The zero-order valence-corrected chi connectivity index (χ0v) is 14.1. The second kappa shape index (κ2) is 8.13. The lowest BCUT2D eigenvalue weighted by molar-refractivity contribution is 0.221. The standard InChI is InChI=1S/C18H23N3OS/c23-18(19-13-17-5-4-12-22-17)20-16-8-6-15(7-9-16)14-21-10-2-1-3-11-21/h4-9,12H,1-3,10-11,13-14H2,(H2,19,20,23). The zero-order chi connectivity index (χ0) is 15.9. The Kier molecular flexibility index (Phi) is 5.66. The van der Waals surface area contributed by atoms with Gasteiger partial charge in [0.05, 0.1) is 12.8 Å². The minimum atomic E-state index is 0.589. The molecule has 5 heteroatoms. The van der Waals surface area contributed by atoms with Gasteiger partial charge in [-0.3, -0.25) is 4.90 Å². The third kappa shape index (κ3) is 5.08. The summed E-state index contributed by atoms with van der Waals surface area (Å²) in [5.41, 5.74) is 2.36. The third-order valence-corrected chi connectivity index (χ3v) is 4.32. The summed E-state index contributed by atoms with van der Waals surface area (Å²) in [6.45, 7) is 4.08. The van der Waals surface area contributed by atoms with Crippen LogP contribution in [0.5, 0.6) is 0 Å². The van der Waals surface area contributed by atoms with Crippen LogP contribution in [0, 0.1) is 0 Å². The van der Waals surface area contributed by atoms with Crippen molar-refractivity contribution >= 4 is 23.0 Å². The highest BCUT2D eigenvalue weighted by Gasteiger charge is 2.10. The van der Waals surface area contributed by atoms with Crippen LogP contribution >= 0.6 is 12.2 Å². The summed E-state index contributed by atoms with van der Waals surface area (Å²) in [5, 5.41) is 6.93. The van der Waals surface area contributed by atoms with E-state index in [1.165, 1.54) is 37.9 Å². The molecule has 1 aliphatic rings. The van der Waals surface area contributed by atoms with Gasteiger partial charge in [0, 0.05) is 12.2 Å². The van der Waals surface area contributed by atoms with E-state index in [4.69, 9.17) is 16.6 Å². The topological polar surface area (TPSA) is 40.4 Å². The van der Waals surface area contributed by atoms with Gasteiger partial charge in [-0.15, -0.1) is 0 Å². The molecule has 122 valence electrons. The average Bonchev–Trinajstić information content (AvgIpc) is 3.09. The lowest BCUT2D eigenvalue weighted by atomic mass is 10.1. The van der Waals surface area contributed by atoms with Crippen molar-refractivity contribution in [3.63, 3.8) is 0 Å². The van der Waals surface area contributed by atoms with Crippen LogP contribution < -0.4 is 10.6 Å². The first kappa shape index (κ1) is 16.0. The van der Waals surface area contributed by atoms with Crippen LogP contribution in [0.15, 0.2) is 47.1 Å². The van der Waals surface area contributed by atoms with Crippen molar-refractivity contribution in [3.8, 4) is 0 Å². The molecule has 0 atom stereocenters. The van der Waals surface area contributed by atoms with Crippen molar-refractivity contribution in [2.75, 3.05) is 18.4 Å². The van der Waals surface area contributed by atoms with Crippen LogP contribution in [-0.2, 0) is 13.1 Å². The van der Waals surface area contributed by atoms with E-state index < -0.39 is 0 Å². The van der Waals surface area contributed by atoms with Crippen LogP contribution in [0.3, 0.4) is 0 Å². The summed E-state index contributed by atoms with van der Waals surface area (Å²) in [6, 6.07) is 12.3. The Morgan fingerprint density at radius 3 is 2.57 bits per heavy atom. The molecule has 1 aromatic heterocycles. The SMILES string of the molecule is S=C(NCc1ccco1)Nc1ccc(CN2CCCCC2)cc1. The molecule has 2 heterocycles. The van der Waals surface area contributed by atoms with Gasteiger partial charge in [0.1, 0.15) is 5.76 Å². The molecular weight excluding hydrogens is 306 g/mol. The molecule has 0 spiro atoms. The van der Waals surface area contributed by atoms with Crippen molar-refractivity contribution in [1.82, 2.24) is 10.2 Å². The van der Waals surface area contributed by atoms with Crippen LogP contribution in [-0.4, -0.2) is 23.1 Å². The molecule has 1 aliphatic heterocycles. The largest absolute Gasteiger partial charge is 0.467 e. The maximum atomic E-state index is 5.30. The minimum absolute atomic E-state index is 0.589. The molecule has 0 saturated carbocycles. The van der Waals surface area contributed by atoms with E-state index in [-0.39, 0.29) is 0 Å². The Labute approximate surface area is 142 Å². The number of nitrogens with zero attached hydrogens (tertiary/aromatic N) is 1.